The van der Waals surface area contributed by atoms with E-state index in [-0.39, 0.29) is 11.7 Å². The van der Waals surface area contributed by atoms with E-state index in [2.05, 4.69) is 13.0 Å². The lowest BCUT2D eigenvalue weighted by atomic mass is 9.89. The molecule has 0 aliphatic heterocycles. The van der Waals surface area contributed by atoms with E-state index in [0.717, 1.165) is 6.42 Å². The summed E-state index contributed by atoms with van der Waals surface area (Å²) in [6.45, 7) is 2.10. The van der Waals surface area contributed by atoms with E-state index in [1.165, 1.54) is 0 Å². The molecule has 68 valence electrons. The molecule has 0 N–H and O–H groups in total. The molecule has 0 heterocycles. The summed E-state index contributed by atoms with van der Waals surface area (Å²) < 4.78 is 10.8. The molecule has 0 saturated carbocycles. The summed E-state index contributed by atoms with van der Waals surface area (Å²) in [7, 11) is 3.43. The largest absolute Gasteiger partial charge is 0.374 e. The van der Waals surface area contributed by atoms with Gasteiger partial charge in [0, 0.05) is 14.2 Å². The molecule has 0 aromatic heterocycles. The topological polar surface area (TPSA) is 18.5 Å². The van der Waals surface area contributed by atoms with Gasteiger partial charge in [-0.05, 0) is 12.5 Å². The number of hydrogen-bond acceptors (Lipinski definition) is 2. The summed E-state index contributed by atoms with van der Waals surface area (Å²) in [5.41, 5.74) is -0.260. The van der Waals surface area contributed by atoms with Crippen molar-refractivity contribution in [3.63, 3.8) is 0 Å². The van der Waals surface area contributed by atoms with E-state index in [0.29, 0.717) is 0 Å². The molecule has 0 spiro atoms. The number of ether oxygens (including phenoxy) is 2. The molecule has 0 saturated heterocycles. The van der Waals surface area contributed by atoms with Crippen molar-refractivity contribution in [3.8, 4) is 0 Å². The molecular formula is C10H16O2. The third-order valence-electron chi connectivity index (χ3n) is 2.44. The fraction of sp³-hybridized carbons (Fsp3) is 0.600. The van der Waals surface area contributed by atoms with Crippen LogP contribution in [0.5, 0.6) is 0 Å². The highest BCUT2D eigenvalue weighted by Gasteiger charge is 2.34. The first kappa shape index (κ1) is 9.49. The summed E-state index contributed by atoms with van der Waals surface area (Å²) in [6.07, 6.45) is 9.03. The molecule has 0 amide bonds. The third kappa shape index (κ3) is 1.45. The van der Waals surface area contributed by atoms with Crippen molar-refractivity contribution in [2.45, 2.75) is 25.0 Å². The molecule has 1 aliphatic carbocycles. The minimum Gasteiger partial charge on any atom is -0.374 e. The van der Waals surface area contributed by atoms with E-state index in [1.807, 2.05) is 18.2 Å². The fourth-order valence-electron chi connectivity index (χ4n) is 1.57. The van der Waals surface area contributed by atoms with E-state index >= 15 is 0 Å². The van der Waals surface area contributed by atoms with Crippen LogP contribution < -0.4 is 0 Å². The minimum atomic E-state index is -0.260. The second kappa shape index (κ2) is 3.87. The Kier molecular flexibility index (Phi) is 3.06. The zero-order valence-electron chi connectivity index (χ0n) is 7.91. The standard InChI is InChI=1S/C10H16O2/c1-4-10(12-3)8-6-5-7-9(10)11-2/h5-9H,4H2,1-3H3. The normalized spacial score (nSPS) is 34.1. The van der Waals surface area contributed by atoms with E-state index < -0.39 is 0 Å². The molecule has 0 bridgehead atoms. The summed E-state index contributed by atoms with van der Waals surface area (Å²) in [4.78, 5) is 0. The Morgan fingerprint density at radius 1 is 1.33 bits per heavy atom. The Bertz CT molecular complexity index is 190. The Balaban J connectivity index is 2.84. The first-order valence-electron chi connectivity index (χ1n) is 4.23. The molecule has 0 aromatic carbocycles. The highest BCUT2D eigenvalue weighted by atomic mass is 16.5. The average molecular weight is 168 g/mol. The molecule has 2 unspecified atom stereocenters. The van der Waals surface area contributed by atoms with Crippen LogP contribution in [-0.4, -0.2) is 25.9 Å². The van der Waals surface area contributed by atoms with Gasteiger partial charge in [-0.1, -0.05) is 25.2 Å². The van der Waals surface area contributed by atoms with Crippen molar-refractivity contribution < 1.29 is 9.47 Å². The van der Waals surface area contributed by atoms with Crippen molar-refractivity contribution in [2.24, 2.45) is 0 Å². The molecule has 0 aromatic rings. The van der Waals surface area contributed by atoms with Gasteiger partial charge in [0.15, 0.2) is 0 Å². The van der Waals surface area contributed by atoms with Gasteiger partial charge in [-0.3, -0.25) is 0 Å². The van der Waals surface area contributed by atoms with Gasteiger partial charge in [0.2, 0.25) is 0 Å². The first-order chi connectivity index (χ1) is 5.79. The van der Waals surface area contributed by atoms with Crippen molar-refractivity contribution in [3.05, 3.63) is 24.3 Å². The summed E-state index contributed by atoms with van der Waals surface area (Å²) in [5.74, 6) is 0. The number of allylic oxidation sites excluding steroid dienone is 2. The van der Waals surface area contributed by atoms with Crippen molar-refractivity contribution in [1.29, 1.82) is 0 Å². The van der Waals surface area contributed by atoms with Crippen molar-refractivity contribution in [2.75, 3.05) is 14.2 Å². The Morgan fingerprint density at radius 2 is 2.08 bits per heavy atom. The van der Waals surface area contributed by atoms with Crippen LogP contribution >= 0.6 is 0 Å². The van der Waals surface area contributed by atoms with Crippen LogP contribution in [-0.2, 0) is 9.47 Å². The van der Waals surface area contributed by atoms with E-state index in [1.54, 1.807) is 14.2 Å². The predicted molar refractivity (Wildman–Crippen MR) is 49.1 cm³/mol. The lowest BCUT2D eigenvalue weighted by molar-refractivity contribution is -0.0682. The zero-order valence-corrected chi connectivity index (χ0v) is 7.91. The summed E-state index contributed by atoms with van der Waals surface area (Å²) >= 11 is 0. The third-order valence-corrected chi connectivity index (χ3v) is 2.44. The number of hydrogen-bond donors (Lipinski definition) is 0. The van der Waals surface area contributed by atoms with Crippen molar-refractivity contribution >= 4 is 0 Å². The predicted octanol–water partition coefficient (Wildman–Crippen LogP) is 1.92. The highest BCUT2D eigenvalue weighted by molar-refractivity contribution is 5.23. The maximum atomic E-state index is 5.47. The molecule has 1 aliphatic rings. The molecule has 2 atom stereocenters. The van der Waals surface area contributed by atoms with Crippen LogP contribution in [0.3, 0.4) is 0 Å². The van der Waals surface area contributed by atoms with Crippen LogP contribution in [0.25, 0.3) is 0 Å². The van der Waals surface area contributed by atoms with Crippen LogP contribution in [0.4, 0.5) is 0 Å². The Morgan fingerprint density at radius 3 is 2.50 bits per heavy atom. The van der Waals surface area contributed by atoms with Gasteiger partial charge in [0.05, 0.1) is 0 Å². The number of rotatable bonds is 3. The molecule has 1 rings (SSSR count). The Labute approximate surface area is 73.9 Å². The Hall–Kier alpha value is -0.600. The molecule has 2 heteroatoms. The lowest BCUT2D eigenvalue weighted by Crippen LogP contribution is -2.42. The number of methoxy groups -OCH3 is 2. The average Bonchev–Trinajstić information content (AvgIpc) is 2.17. The SMILES string of the molecule is CCC1(OC)C=CC=CC1OC. The maximum Gasteiger partial charge on any atom is 0.115 e. The molecular weight excluding hydrogens is 152 g/mol. The van der Waals surface area contributed by atoms with Gasteiger partial charge in [-0.2, -0.15) is 0 Å². The second-order valence-corrected chi connectivity index (χ2v) is 2.91. The maximum absolute atomic E-state index is 5.47. The first-order valence-corrected chi connectivity index (χ1v) is 4.23. The van der Waals surface area contributed by atoms with Gasteiger partial charge in [0.1, 0.15) is 11.7 Å². The summed E-state index contributed by atoms with van der Waals surface area (Å²) in [5, 5.41) is 0. The molecule has 0 radical (unpaired) electrons. The quantitative estimate of drug-likeness (QED) is 0.641. The van der Waals surface area contributed by atoms with Crippen LogP contribution in [0.1, 0.15) is 13.3 Å². The van der Waals surface area contributed by atoms with Crippen LogP contribution in [0, 0.1) is 0 Å². The van der Waals surface area contributed by atoms with E-state index in [4.69, 9.17) is 9.47 Å². The smallest absolute Gasteiger partial charge is 0.115 e. The monoisotopic (exact) mass is 168 g/mol. The van der Waals surface area contributed by atoms with Crippen LogP contribution in [0.2, 0.25) is 0 Å². The second-order valence-electron chi connectivity index (χ2n) is 2.91. The lowest BCUT2D eigenvalue weighted by Gasteiger charge is -2.35. The zero-order chi connectivity index (χ0) is 9.03. The van der Waals surface area contributed by atoms with Gasteiger partial charge in [0.25, 0.3) is 0 Å². The molecule has 0 fully saturated rings. The van der Waals surface area contributed by atoms with Crippen molar-refractivity contribution in [1.82, 2.24) is 0 Å². The van der Waals surface area contributed by atoms with Crippen LogP contribution in [0.15, 0.2) is 24.3 Å². The summed E-state index contributed by atoms with van der Waals surface area (Å²) in [6, 6.07) is 0. The van der Waals surface area contributed by atoms with Gasteiger partial charge in [-0.25, -0.2) is 0 Å². The molecule has 12 heavy (non-hydrogen) atoms. The van der Waals surface area contributed by atoms with Gasteiger partial charge >= 0.3 is 0 Å². The molecule has 2 nitrogen and oxygen atoms in total. The van der Waals surface area contributed by atoms with Gasteiger partial charge in [-0.15, -0.1) is 0 Å². The minimum absolute atomic E-state index is 0.0394. The highest BCUT2D eigenvalue weighted by Crippen LogP contribution is 2.27. The fourth-order valence-corrected chi connectivity index (χ4v) is 1.57. The van der Waals surface area contributed by atoms with E-state index in [9.17, 15) is 0 Å². The van der Waals surface area contributed by atoms with Gasteiger partial charge < -0.3 is 9.47 Å².